The predicted molar refractivity (Wildman–Crippen MR) is 163 cm³/mol. The maximum atomic E-state index is 14.5. The molecule has 1 saturated carbocycles. The van der Waals surface area contributed by atoms with Crippen LogP contribution in [0.2, 0.25) is 0 Å². The molecule has 41 heavy (non-hydrogen) atoms. The van der Waals surface area contributed by atoms with E-state index in [1.807, 2.05) is 60.7 Å². The van der Waals surface area contributed by atoms with E-state index in [1.54, 1.807) is 25.7 Å². The van der Waals surface area contributed by atoms with Gasteiger partial charge in [-0.25, -0.2) is 4.79 Å². The van der Waals surface area contributed by atoms with Crippen molar-refractivity contribution in [2.24, 2.45) is 0 Å². The SMILES string of the molecule is CCCCCCN(C(=O)C(Cc1ccccc1)NC(=O)OC(C)(C)C)C(C(=O)NC1CCCCC1)c1ccccc1. The zero-order chi connectivity index (χ0) is 29.7. The Hall–Kier alpha value is -3.35. The first-order valence-electron chi connectivity index (χ1n) is 15.4. The lowest BCUT2D eigenvalue weighted by Gasteiger charge is -2.36. The Kier molecular flexibility index (Phi) is 12.7. The summed E-state index contributed by atoms with van der Waals surface area (Å²) in [4.78, 5) is 43.1. The fourth-order valence-electron chi connectivity index (χ4n) is 5.41. The number of alkyl carbamates (subject to hydrolysis) is 1. The molecule has 7 heteroatoms. The number of nitrogens with zero attached hydrogens (tertiary/aromatic N) is 1. The minimum absolute atomic E-state index is 0.111. The summed E-state index contributed by atoms with van der Waals surface area (Å²) in [6.45, 7) is 7.94. The molecule has 1 aliphatic carbocycles. The predicted octanol–water partition coefficient (Wildman–Crippen LogP) is 6.72. The summed E-state index contributed by atoms with van der Waals surface area (Å²) in [5, 5.41) is 6.12. The molecule has 3 rings (SSSR count). The summed E-state index contributed by atoms with van der Waals surface area (Å²) in [7, 11) is 0. The van der Waals surface area contributed by atoms with Crippen LogP contribution >= 0.6 is 0 Å². The van der Waals surface area contributed by atoms with Crippen LogP contribution in [0.4, 0.5) is 4.79 Å². The van der Waals surface area contributed by atoms with Crippen molar-refractivity contribution in [1.82, 2.24) is 15.5 Å². The van der Waals surface area contributed by atoms with Crippen molar-refractivity contribution in [2.75, 3.05) is 6.54 Å². The number of unbranched alkanes of at least 4 members (excludes halogenated alkanes) is 3. The van der Waals surface area contributed by atoms with Crippen LogP contribution in [0.3, 0.4) is 0 Å². The highest BCUT2D eigenvalue weighted by Gasteiger charge is 2.37. The number of hydrogen-bond acceptors (Lipinski definition) is 4. The van der Waals surface area contributed by atoms with Crippen LogP contribution in [-0.2, 0) is 20.7 Å². The zero-order valence-electron chi connectivity index (χ0n) is 25.4. The van der Waals surface area contributed by atoms with Gasteiger partial charge >= 0.3 is 6.09 Å². The van der Waals surface area contributed by atoms with Crippen LogP contribution in [0.1, 0.15) is 103 Å². The number of carbonyl (C=O) groups excluding carboxylic acids is 3. The maximum absolute atomic E-state index is 14.5. The smallest absolute Gasteiger partial charge is 0.408 e. The molecule has 3 amide bonds. The largest absolute Gasteiger partial charge is 0.444 e. The van der Waals surface area contributed by atoms with Gasteiger partial charge in [0.25, 0.3) is 0 Å². The van der Waals surface area contributed by atoms with E-state index in [9.17, 15) is 14.4 Å². The second-order valence-electron chi connectivity index (χ2n) is 12.1. The van der Waals surface area contributed by atoms with Crippen molar-refractivity contribution in [2.45, 2.75) is 116 Å². The van der Waals surface area contributed by atoms with Crippen molar-refractivity contribution in [3.63, 3.8) is 0 Å². The Morgan fingerprint density at radius 3 is 2.15 bits per heavy atom. The average molecular weight is 564 g/mol. The minimum Gasteiger partial charge on any atom is -0.444 e. The summed E-state index contributed by atoms with van der Waals surface area (Å²) in [6, 6.07) is 17.6. The Balaban J connectivity index is 1.97. The fourth-order valence-corrected chi connectivity index (χ4v) is 5.41. The number of rotatable bonds is 13. The van der Waals surface area contributed by atoms with E-state index in [1.165, 1.54) is 6.42 Å². The number of hydrogen-bond donors (Lipinski definition) is 2. The molecule has 2 aromatic rings. The Morgan fingerprint density at radius 1 is 0.902 bits per heavy atom. The molecule has 0 saturated heterocycles. The summed E-state index contributed by atoms with van der Waals surface area (Å²) in [5.41, 5.74) is 0.965. The van der Waals surface area contributed by atoms with E-state index in [0.29, 0.717) is 6.54 Å². The topological polar surface area (TPSA) is 87.7 Å². The minimum atomic E-state index is -0.896. The van der Waals surface area contributed by atoms with Gasteiger partial charge in [0.1, 0.15) is 17.7 Å². The van der Waals surface area contributed by atoms with Gasteiger partial charge in [0.2, 0.25) is 11.8 Å². The first-order chi connectivity index (χ1) is 19.7. The van der Waals surface area contributed by atoms with Gasteiger partial charge in [-0.15, -0.1) is 0 Å². The molecular weight excluding hydrogens is 514 g/mol. The van der Waals surface area contributed by atoms with Crippen molar-refractivity contribution in [3.8, 4) is 0 Å². The molecule has 1 fully saturated rings. The van der Waals surface area contributed by atoms with Crippen LogP contribution < -0.4 is 10.6 Å². The Labute approximate surface area is 246 Å². The molecule has 0 heterocycles. The molecule has 2 unspecified atom stereocenters. The highest BCUT2D eigenvalue weighted by Crippen LogP contribution is 2.26. The van der Waals surface area contributed by atoms with Gasteiger partial charge in [-0.1, -0.05) is 106 Å². The number of nitrogens with one attached hydrogen (secondary N) is 2. The van der Waals surface area contributed by atoms with Gasteiger partial charge < -0.3 is 20.3 Å². The first kappa shape index (κ1) is 32.2. The van der Waals surface area contributed by atoms with E-state index in [0.717, 1.165) is 62.5 Å². The summed E-state index contributed by atoms with van der Waals surface area (Å²) in [5.74, 6) is -0.452. The normalized spacial score (nSPS) is 15.4. The van der Waals surface area contributed by atoms with Gasteiger partial charge in [0, 0.05) is 19.0 Å². The molecule has 0 bridgehead atoms. The molecule has 224 valence electrons. The highest BCUT2D eigenvalue weighted by molar-refractivity contribution is 5.92. The van der Waals surface area contributed by atoms with Gasteiger partial charge in [-0.05, 0) is 51.2 Å². The van der Waals surface area contributed by atoms with E-state index in [4.69, 9.17) is 4.74 Å². The molecule has 0 aromatic heterocycles. The second-order valence-corrected chi connectivity index (χ2v) is 12.1. The summed E-state index contributed by atoms with van der Waals surface area (Å²) >= 11 is 0. The molecule has 0 aliphatic heterocycles. The van der Waals surface area contributed by atoms with Gasteiger partial charge in [0.05, 0.1) is 0 Å². The monoisotopic (exact) mass is 563 g/mol. The third-order valence-electron chi connectivity index (χ3n) is 7.43. The average Bonchev–Trinajstić information content (AvgIpc) is 2.94. The number of carbonyl (C=O) groups is 3. The van der Waals surface area contributed by atoms with Crippen LogP contribution in [0.15, 0.2) is 60.7 Å². The van der Waals surface area contributed by atoms with E-state index in [-0.39, 0.29) is 24.3 Å². The number of benzene rings is 2. The van der Waals surface area contributed by atoms with E-state index >= 15 is 0 Å². The second kappa shape index (κ2) is 16.2. The van der Waals surface area contributed by atoms with Gasteiger partial charge in [0.15, 0.2) is 0 Å². The molecule has 2 atom stereocenters. The van der Waals surface area contributed by atoms with Gasteiger partial charge in [-0.2, -0.15) is 0 Å². The van der Waals surface area contributed by atoms with Crippen LogP contribution in [-0.4, -0.2) is 47.0 Å². The number of amides is 3. The fraction of sp³-hybridized carbons (Fsp3) is 0.559. The van der Waals surface area contributed by atoms with Crippen LogP contribution in [0.5, 0.6) is 0 Å². The third kappa shape index (κ3) is 10.9. The van der Waals surface area contributed by atoms with Crippen molar-refractivity contribution in [1.29, 1.82) is 0 Å². The van der Waals surface area contributed by atoms with E-state index < -0.39 is 23.8 Å². The third-order valence-corrected chi connectivity index (χ3v) is 7.43. The molecule has 2 N–H and O–H groups in total. The standard InChI is InChI=1S/C34H49N3O4/c1-5-6-7-17-24-37(30(27-20-13-9-14-21-27)31(38)35-28-22-15-10-16-23-28)32(39)29(25-26-18-11-8-12-19-26)36-33(40)41-34(2,3)4/h8-9,11-14,18-21,28-30H,5-7,10,15-17,22-25H2,1-4H3,(H,35,38)(H,36,40). The molecule has 2 aromatic carbocycles. The lowest BCUT2D eigenvalue weighted by Crippen LogP contribution is -2.54. The van der Waals surface area contributed by atoms with Crippen molar-refractivity contribution >= 4 is 17.9 Å². The lowest BCUT2D eigenvalue weighted by molar-refractivity contribution is -0.143. The summed E-state index contributed by atoms with van der Waals surface area (Å²) < 4.78 is 5.54. The molecular formula is C34H49N3O4. The molecule has 0 radical (unpaired) electrons. The van der Waals surface area contributed by atoms with Crippen molar-refractivity contribution < 1.29 is 19.1 Å². The van der Waals surface area contributed by atoms with Crippen LogP contribution in [0.25, 0.3) is 0 Å². The quantitative estimate of drug-likeness (QED) is 0.265. The van der Waals surface area contributed by atoms with Crippen molar-refractivity contribution in [3.05, 3.63) is 71.8 Å². The molecule has 0 spiro atoms. The Morgan fingerprint density at radius 2 is 1.54 bits per heavy atom. The Bertz CT molecular complexity index is 1080. The van der Waals surface area contributed by atoms with Gasteiger partial charge in [-0.3, -0.25) is 9.59 Å². The first-order valence-corrected chi connectivity index (χ1v) is 15.4. The molecule has 1 aliphatic rings. The van der Waals surface area contributed by atoms with Crippen LogP contribution in [0, 0.1) is 0 Å². The summed E-state index contributed by atoms with van der Waals surface area (Å²) in [6.07, 6.45) is 8.76. The zero-order valence-corrected chi connectivity index (χ0v) is 25.4. The maximum Gasteiger partial charge on any atom is 0.408 e. The highest BCUT2D eigenvalue weighted by atomic mass is 16.6. The van der Waals surface area contributed by atoms with E-state index in [2.05, 4.69) is 17.6 Å². The lowest BCUT2D eigenvalue weighted by atomic mass is 9.94. The molecule has 7 nitrogen and oxygen atoms in total. The number of ether oxygens (including phenoxy) is 1.